The van der Waals surface area contributed by atoms with E-state index in [4.69, 9.17) is 0 Å². The van der Waals surface area contributed by atoms with Gasteiger partial charge in [0.15, 0.2) is 0 Å². The Morgan fingerprint density at radius 3 is 2.88 bits per heavy atom. The molecule has 0 atom stereocenters. The van der Waals surface area contributed by atoms with Gasteiger partial charge in [0.2, 0.25) is 0 Å². The van der Waals surface area contributed by atoms with E-state index in [2.05, 4.69) is 15.6 Å². The Kier molecular flexibility index (Phi) is 2.22. The first-order valence-corrected chi connectivity index (χ1v) is 5.47. The van der Waals surface area contributed by atoms with Crippen LogP contribution in [0.2, 0.25) is 0 Å². The summed E-state index contributed by atoms with van der Waals surface area (Å²) in [7, 11) is 0. The van der Waals surface area contributed by atoms with E-state index in [9.17, 15) is 0 Å². The molecule has 2 aromatic rings. The van der Waals surface area contributed by atoms with Crippen LogP contribution in [0, 0.1) is 0 Å². The van der Waals surface area contributed by atoms with Crippen LogP contribution in [0.15, 0.2) is 42.6 Å². The number of benzene rings is 1. The Labute approximate surface area is 94.5 Å². The summed E-state index contributed by atoms with van der Waals surface area (Å²) in [6.07, 6.45) is 2.88. The highest BCUT2D eigenvalue weighted by atomic mass is 15.0. The molecular weight excluding hydrogens is 198 g/mol. The molecule has 1 aliphatic heterocycles. The normalized spacial score (nSPS) is 13.0. The first-order chi connectivity index (χ1) is 7.93. The molecule has 0 amide bonds. The van der Waals surface area contributed by atoms with Crippen molar-refractivity contribution in [2.45, 2.75) is 6.42 Å². The average Bonchev–Trinajstić information content (AvgIpc) is 2.80. The van der Waals surface area contributed by atoms with Gasteiger partial charge in [0.05, 0.1) is 0 Å². The van der Waals surface area contributed by atoms with Gasteiger partial charge >= 0.3 is 0 Å². The molecule has 0 saturated heterocycles. The number of anilines is 3. The number of fused-ring (bicyclic) bond motifs is 1. The van der Waals surface area contributed by atoms with Crippen LogP contribution in [0.5, 0.6) is 0 Å². The van der Waals surface area contributed by atoms with Crippen molar-refractivity contribution in [2.75, 3.05) is 17.2 Å². The zero-order chi connectivity index (χ0) is 10.8. The molecule has 1 aromatic heterocycles. The van der Waals surface area contributed by atoms with Crippen molar-refractivity contribution in [3.05, 3.63) is 48.2 Å². The molecule has 0 unspecified atom stereocenters. The van der Waals surface area contributed by atoms with E-state index in [0.29, 0.717) is 0 Å². The molecule has 80 valence electrons. The molecule has 0 fully saturated rings. The largest absolute Gasteiger partial charge is 0.384 e. The molecule has 0 aliphatic carbocycles. The third-order valence-corrected chi connectivity index (χ3v) is 2.78. The summed E-state index contributed by atoms with van der Waals surface area (Å²) in [5.74, 6) is 0.966. The minimum absolute atomic E-state index is 0.966. The fourth-order valence-electron chi connectivity index (χ4n) is 2.00. The van der Waals surface area contributed by atoms with Gasteiger partial charge in [-0.15, -0.1) is 0 Å². The van der Waals surface area contributed by atoms with E-state index in [-0.39, 0.29) is 0 Å². The van der Waals surface area contributed by atoms with Gasteiger partial charge in [-0.25, -0.2) is 4.98 Å². The Balaban J connectivity index is 1.94. The third kappa shape index (κ3) is 1.60. The lowest BCUT2D eigenvalue weighted by Crippen LogP contribution is -1.97. The molecule has 0 saturated carbocycles. The van der Waals surface area contributed by atoms with Crippen molar-refractivity contribution < 1.29 is 0 Å². The molecule has 1 aliphatic rings. The first kappa shape index (κ1) is 9.21. The molecule has 3 rings (SSSR count). The molecule has 2 heterocycles. The third-order valence-electron chi connectivity index (χ3n) is 2.78. The lowest BCUT2D eigenvalue weighted by atomic mass is 10.2. The summed E-state index contributed by atoms with van der Waals surface area (Å²) in [6, 6.07) is 12.2. The van der Waals surface area contributed by atoms with Crippen LogP contribution >= 0.6 is 0 Å². The predicted octanol–water partition coefficient (Wildman–Crippen LogP) is 2.79. The van der Waals surface area contributed by atoms with Crippen molar-refractivity contribution in [1.82, 2.24) is 4.98 Å². The maximum atomic E-state index is 4.39. The second-order valence-electron chi connectivity index (χ2n) is 3.85. The molecule has 16 heavy (non-hydrogen) atoms. The standard InChI is InChI=1S/C13H13N3/c1-2-4-10(5-3-1)16-13-11-6-8-14-12(11)7-9-15-13/h1-5,7,9,14H,6,8H2,(H,15,16). The second kappa shape index (κ2) is 3.85. The Morgan fingerprint density at radius 1 is 1.12 bits per heavy atom. The molecule has 2 N–H and O–H groups in total. The van der Waals surface area contributed by atoms with Crippen molar-refractivity contribution in [3.63, 3.8) is 0 Å². The minimum Gasteiger partial charge on any atom is -0.384 e. The van der Waals surface area contributed by atoms with E-state index in [1.54, 1.807) is 0 Å². The summed E-state index contributed by atoms with van der Waals surface area (Å²) in [4.78, 5) is 4.39. The Hall–Kier alpha value is -2.03. The minimum atomic E-state index is 0.966. The van der Waals surface area contributed by atoms with Crippen LogP contribution in [0.3, 0.4) is 0 Å². The summed E-state index contributed by atoms with van der Waals surface area (Å²) in [5.41, 5.74) is 3.56. The highest BCUT2D eigenvalue weighted by Crippen LogP contribution is 2.28. The highest BCUT2D eigenvalue weighted by Gasteiger charge is 2.14. The van der Waals surface area contributed by atoms with Crippen LogP contribution in [-0.4, -0.2) is 11.5 Å². The van der Waals surface area contributed by atoms with Gasteiger partial charge < -0.3 is 10.6 Å². The number of hydrogen-bond acceptors (Lipinski definition) is 3. The lowest BCUT2D eigenvalue weighted by molar-refractivity contribution is 1.09. The summed E-state index contributed by atoms with van der Waals surface area (Å²) >= 11 is 0. The number of rotatable bonds is 2. The monoisotopic (exact) mass is 211 g/mol. The van der Waals surface area contributed by atoms with Gasteiger partial charge in [-0.2, -0.15) is 0 Å². The Morgan fingerprint density at radius 2 is 2.00 bits per heavy atom. The smallest absolute Gasteiger partial charge is 0.135 e. The van der Waals surface area contributed by atoms with Gasteiger partial charge in [-0.3, -0.25) is 0 Å². The van der Waals surface area contributed by atoms with E-state index >= 15 is 0 Å². The fraction of sp³-hybridized carbons (Fsp3) is 0.154. The van der Waals surface area contributed by atoms with Gasteiger partial charge in [0.25, 0.3) is 0 Å². The number of pyridine rings is 1. The van der Waals surface area contributed by atoms with Gasteiger partial charge in [-0.1, -0.05) is 18.2 Å². The number of nitrogens with one attached hydrogen (secondary N) is 2. The zero-order valence-electron chi connectivity index (χ0n) is 8.90. The molecule has 0 radical (unpaired) electrons. The van der Waals surface area contributed by atoms with E-state index in [1.165, 1.54) is 11.3 Å². The molecule has 0 bridgehead atoms. The Bertz CT molecular complexity index is 494. The summed E-state index contributed by atoms with van der Waals surface area (Å²) in [6.45, 7) is 1.00. The number of aromatic nitrogens is 1. The molecule has 0 spiro atoms. The van der Waals surface area contributed by atoms with Crippen LogP contribution in [0.1, 0.15) is 5.56 Å². The summed E-state index contributed by atoms with van der Waals surface area (Å²) in [5, 5.41) is 6.70. The molecular formula is C13H13N3. The van der Waals surface area contributed by atoms with Crippen LogP contribution in [0.25, 0.3) is 0 Å². The van der Waals surface area contributed by atoms with Gasteiger partial charge in [0.1, 0.15) is 5.82 Å². The lowest BCUT2D eigenvalue weighted by Gasteiger charge is -2.09. The molecule has 1 aromatic carbocycles. The van der Waals surface area contributed by atoms with Crippen molar-refractivity contribution in [3.8, 4) is 0 Å². The number of hydrogen-bond donors (Lipinski definition) is 2. The van der Waals surface area contributed by atoms with Crippen molar-refractivity contribution >= 4 is 17.2 Å². The average molecular weight is 211 g/mol. The topological polar surface area (TPSA) is 37.0 Å². The first-order valence-electron chi connectivity index (χ1n) is 5.47. The summed E-state index contributed by atoms with van der Waals surface area (Å²) < 4.78 is 0. The van der Waals surface area contributed by atoms with E-state index in [1.807, 2.05) is 42.6 Å². The zero-order valence-corrected chi connectivity index (χ0v) is 8.90. The molecule has 3 heteroatoms. The predicted molar refractivity (Wildman–Crippen MR) is 66.2 cm³/mol. The van der Waals surface area contributed by atoms with Gasteiger partial charge in [-0.05, 0) is 24.6 Å². The second-order valence-corrected chi connectivity index (χ2v) is 3.85. The van der Waals surface area contributed by atoms with E-state index < -0.39 is 0 Å². The fourth-order valence-corrected chi connectivity index (χ4v) is 2.00. The van der Waals surface area contributed by atoms with E-state index in [0.717, 1.165) is 24.5 Å². The quantitative estimate of drug-likeness (QED) is 0.802. The maximum absolute atomic E-state index is 4.39. The van der Waals surface area contributed by atoms with Crippen molar-refractivity contribution in [2.24, 2.45) is 0 Å². The number of nitrogens with zero attached hydrogens (tertiary/aromatic N) is 1. The van der Waals surface area contributed by atoms with Crippen LogP contribution in [0.4, 0.5) is 17.2 Å². The van der Waals surface area contributed by atoms with Crippen LogP contribution in [-0.2, 0) is 6.42 Å². The number of para-hydroxylation sites is 1. The van der Waals surface area contributed by atoms with Gasteiger partial charge in [0, 0.05) is 29.7 Å². The SMILES string of the molecule is c1ccc(Nc2nccc3c2CCN3)cc1. The van der Waals surface area contributed by atoms with Crippen LogP contribution < -0.4 is 10.6 Å². The van der Waals surface area contributed by atoms with Crippen molar-refractivity contribution in [1.29, 1.82) is 0 Å². The molecule has 3 nitrogen and oxygen atoms in total. The maximum Gasteiger partial charge on any atom is 0.135 e. The highest BCUT2D eigenvalue weighted by molar-refractivity contribution is 5.69.